The fraction of sp³-hybridized carbons (Fsp3) is 0.900. The monoisotopic (exact) mass is 184 g/mol. The Bertz CT molecular complexity index is 149. The highest BCUT2D eigenvalue weighted by atomic mass is 32.2. The molecule has 2 fully saturated rings. The van der Waals surface area contributed by atoms with E-state index in [1.54, 1.807) is 0 Å². The van der Waals surface area contributed by atoms with Crippen molar-refractivity contribution < 1.29 is 4.79 Å². The van der Waals surface area contributed by atoms with Crippen LogP contribution in [0.15, 0.2) is 0 Å². The van der Waals surface area contributed by atoms with Gasteiger partial charge in [-0.25, -0.2) is 0 Å². The summed E-state index contributed by atoms with van der Waals surface area (Å²) in [6.07, 6.45) is 7.33. The van der Waals surface area contributed by atoms with E-state index in [0.717, 1.165) is 6.42 Å². The van der Waals surface area contributed by atoms with Gasteiger partial charge in [-0.3, -0.25) is 4.79 Å². The zero-order valence-electron chi connectivity index (χ0n) is 7.42. The van der Waals surface area contributed by atoms with Gasteiger partial charge in [-0.1, -0.05) is 12.8 Å². The molecular weight excluding hydrogens is 168 g/mol. The third-order valence-corrected chi connectivity index (χ3v) is 4.40. The topological polar surface area (TPSA) is 17.1 Å². The van der Waals surface area contributed by atoms with E-state index in [-0.39, 0.29) is 0 Å². The first-order valence-electron chi connectivity index (χ1n) is 5.03. The molecule has 1 saturated heterocycles. The fourth-order valence-corrected chi connectivity index (χ4v) is 3.58. The third kappa shape index (κ3) is 1.68. The van der Waals surface area contributed by atoms with Gasteiger partial charge in [-0.05, 0) is 31.4 Å². The molecule has 1 aliphatic heterocycles. The summed E-state index contributed by atoms with van der Waals surface area (Å²) in [5.74, 6) is 2.24. The lowest BCUT2D eigenvalue weighted by molar-refractivity contribution is -0.122. The molecule has 0 N–H and O–H groups in total. The molecular formula is C10H16OS. The Kier molecular flexibility index (Phi) is 2.74. The van der Waals surface area contributed by atoms with Gasteiger partial charge >= 0.3 is 0 Å². The maximum Gasteiger partial charge on any atom is 0.148 e. The van der Waals surface area contributed by atoms with Crippen LogP contribution in [-0.4, -0.2) is 16.8 Å². The van der Waals surface area contributed by atoms with Crippen LogP contribution in [0.25, 0.3) is 0 Å². The van der Waals surface area contributed by atoms with Crippen molar-refractivity contribution in [1.29, 1.82) is 0 Å². The molecule has 1 nitrogen and oxygen atoms in total. The van der Waals surface area contributed by atoms with Crippen molar-refractivity contribution in [2.24, 2.45) is 5.92 Å². The molecule has 2 rings (SSSR count). The van der Waals surface area contributed by atoms with Crippen molar-refractivity contribution in [2.45, 2.75) is 43.8 Å². The van der Waals surface area contributed by atoms with Gasteiger partial charge < -0.3 is 0 Å². The second-order valence-corrected chi connectivity index (χ2v) is 5.20. The molecule has 0 aromatic heterocycles. The van der Waals surface area contributed by atoms with Gasteiger partial charge in [0.2, 0.25) is 0 Å². The van der Waals surface area contributed by atoms with Crippen molar-refractivity contribution in [3.05, 3.63) is 0 Å². The largest absolute Gasteiger partial charge is 0.298 e. The van der Waals surface area contributed by atoms with E-state index in [1.807, 2.05) is 11.8 Å². The number of carbonyl (C=O) groups is 1. The summed E-state index contributed by atoms with van der Waals surface area (Å²) in [4.78, 5) is 11.8. The summed E-state index contributed by atoms with van der Waals surface area (Å²) in [5.41, 5.74) is 0. The molecule has 0 bridgehead atoms. The maximum atomic E-state index is 11.8. The lowest BCUT2D eigenvalue weighted by Crippen LogP contribution is -2.21. The first kappa shape index (κ1) is 8.61. The molecule has 0 radical (unpaired) electrons. The Morgan fingerprint density at radius 3 is 2.42 bits per heavy atom. The van der Waals surface area contributed by atoms with E-state index in [0.29, 0.717) is 17.0 Å². The van der Waals surface area contributed by atoms with E-state index < -0.39 is 0 Å². The molecule has 0 aromatic rings. The highest BCUT2D eigenvalue weighted by Gasteiger charge is 2.31. The molecule has 1 heterocycles. The van der Waals surface area contributed by atoms with E-state index >= 15 is 0 Å². The quantitative estimate of drug-likeness (QED) is 0.656. The minimum atomic E-state index is 0.382. The summed E-state index contributed by atoms with van der Waals surface area (Å²) in [5, 5.41) is 0.382. The van der Waals surface area contributed by atoms with Crippen LogP contribution in [0, 0.1) is 5.92 Å². The first-order valence-corrected chi connectivity index (χ1v) is 6.08. The summed E-state index contributed by atoms with van der Waals surface area (Å²) in [6.45, 7) is 0. The molecule has 1 saturated carbocycles. The Labute approximate surface area is 78.3 Å². The molecule has 12 heavy (non-hydrogen) atoms. The molecule has 2 aliphatic rings. The number of carbonyl (C=O) groups excluding carboxylic acids is 1. The zero-order valence-corrected chi connectivity index (χ0v) is 8.24. The van der Waals surface area contributed by atoms with Crippen LogP contribution >= 0.6 is 11.8 Å². The predicted molar refractivity (Wildman–Crippen MR) is 52.4 cm³/mol. The molecule has 1 aliphatic carbocycles. The highest BCUT2D eigenvalue weighted by molar-refractivity contribution is 8.00. The second kappa shape index (κ2) is 3.82. The number of thioether (sulfide) groups is 1. The van der Waals surface area contributed by atoms with Crippen LogP contribution in [0.4, 0.5) is 0 Å². The number of hydrogen-bond acceptors (Lipinski definition) is 2. The summed E-state index contributed by atoms with van der Waals surface area (Å²) in [7, 11) is 0. The van der Waals surface area contributed by atoms with Gasteiger partial charge in [0, 0.05) is 5.92 Å². The Morgan fingerprint density at radius 2 is 1.83 bits per heavy atom. The summed E-state index contributed by atoms with van der Waals surface area (Å²) in [6, 6.07) is 0. The molecule has 0 amide bonds. The van der Waals surface area contributed by atoms with Crippen molar-refractivity contribution in [3.63, 3.8) is 0 Å². The van der Waals surface area contributed by atoms with Gasteiger partial charge in [0.1, 0.15) is 5.78 Å². The summed E-state index contributed by atoms with van der Waals surface area (Å²) < 4.78 is 0. The van der Waals surface area contributed by atoms with Crippen molar-refractivity contribution in [1.82, 2.24) is 0 Å². The van der Waals surface area contributed by atoms with Crippen LogP contribution in [0.1, 0.15) is 38.5 Å². The average Bonchev–Trinajstić information content (AvgIpc) is 2.77. The number of hydrogen-bond donors (Lipinski definition) is 0. The van der Waals surface area contributed by atoms with E-state index in [9.17, 15) is 4.79 Å². The van der Waals surface area contributed by atoms with Crippen molar-refractivity contribution >= 4 is 17.5 Å². The minimum Gasteiger partial charge on any atom is -0.298 e. The van der Waals surface area contributed by atoms with Crippen molar-refractivity contribution in [2.75, 3.05) is 5.75 Å². The molecule has 68 valence electrons. The molecule has 1 unspecified atom stereocenters. The van der Waals surface area contributed by atoms with E-state index in [4.69, 9.17) is 0 Å². The summed E-state index contributed by atoms with van der Waals surface area (Å²) >= 11 is 1.89. The SMILES string of the molecule is O=C(C1CCCC1)C1CCCS1. The number of rotatable bonds is 2. The molecule has 1 atom stereocenters. The van der Waals surface area contributed by atoms with Gasteiger partial charge in [0.25, 0.3) is 0 Å². The number of Topliss-reactive ketones (excluding diaryl/α,β-unsaturated/α-hetero) is 1. The maximum absolute atomic E-state index is 11.8. The smallest absolute Gasteiger partial charge is 0.148 e. The fourth-order valence-electron chi connectivity index (χ4n) is 2.28. The minimum absolute atomic E-state index is 0.382. The van der Waals surface area contributed by atoms with Crippen LogP contribution in [0.2, 0.25) is 0 Å². The zero-order chi connectivity index (χ0) is 8.39. The van der Waals surface area contributed by atoms with Gasteiger partial charge in [-0.2, -0.15) is 11.8 Å². The Balaban J connectivity index is 1.89. The Morgan fingerprint density at radius 1 is 1.08 bits per heavy atom. The molecule has 2 heteroatoms. The van der Waals surface area contributed by atoms with Crippen LogP contribution < -0.4 is 0 Å². The standard InChI is InChI=1S/C10H16OS/c11-10(8-4-1-2-5-8)9-6-3-7-12-9/h8-9H,1-7H2. The second-order valence-electron chi connectivity index (χ2n) is 3.89. The highest BCUT2D eigenvalue weighted by Crippen LogP contribution is 2.34. The normalized spacial score (nSPS) is 31.2. The van der Waals surface area contributed by atoms with Gasteiger partial charge in [-0.15, -0.1) is 0 Å². The predicted octanol–water partition coefficient (Wildman–Crippen LogP) is 2.64. The lowest BCUT2D eigenvalue weighted by atomic mass is 9.98. The third-order valence-electron chi connectivity index (χ3n) is 3.00. The average molecular weight is 184 g/mol. The van der Waals surface area contributed by atoms with Gasteiger partial charge in [0.15, 0.2) is 0 Å². The van der Waals surface area contributed by atoms with Crippen LogP contribution in [0.5, 0.6) is 0 Å². The number of ketones is 1. The van der Waals surface area contributed by atoms with E-state index in [1.165, 1.54) is 37.9 Å². The van der Waals surface area contributed by atoms with Gasteiger partial charge in [0.05, 0.1) is 5.25 Å². The molecule has 0 aromatic carbocycles. The van der Waals surface area contributed by atoms with Crippen LogP contribution in [0.3, 0.4) is 0 Å². The Hall–Kier alpha value is 0.0200. The lowest BCUT2D eigenvalue weighted by Gasteiger charge is -2.12. The van der Waals surface area contributed by atoms with Crippen molar-refractivity contribution in [3.8, 4) is 0 Å². The van der Waals surface area contributed by atoms with Crippen LogP contribution in [-0.2, 0) is 4.79 Å². The molecule has 0 spiro atoms. The first-order chi connectivity index (χ1) is 5.88. The van der Waals surface area contributed by atoms with E-state index in [2.05, 4.69) is 0 Å².